The van der Waals surface area contributed by atoms with Crippen LogP contribution in [0.2, 0.25) is 0 Å². The van der Waals surface area contributed by atoms with E-state index in [0.717, 1.165) is 22.3 Å². The fourth-order valence-corrected chi connectivity index (χ4v) is 3.06. The summed E-state index contributed by atoms with van der Waals surface area (Å²) >= 11 is 0. The third kappa shape index (κ3) is 4.08. The van der Waals surface area contributed by atoms with Crippen molar-refractivity contribution in [1.29, 1.82) is 0 Å². The van der Waals surface area contributed by atoms with Crippen LogP contribution in [0.5, 0.6) is 5.75 Å². The van der Waals surface area contributed by atoms with Gasteiger partial charge >= 0.3 is 0 Å². The van der Waals surface area contributed by atoms with Gasteiger partial charge in [0.1, 0.15) is 5.82 Å². The van der Waals surface area contributed by atoms with Crippen molar-refractivity contribution in [3.05, 3.63) is 120 Å². The molecule has 1 N–H and O–H groups in total. The highest BCUT2D eigenvalue weighted by molar-refractivity contribution is 5.70. The molecule has 0 saturated heterocycles. The number of hydroxylamine groups is 1. The Labute approximate surface area is 163 Å². The van der Waals surface area contributed by atoms with E-state index >= 15 is 0 Å². The zero-order valence-electron chi connectivity index (χ0n) is 15.1. The molecule has 0 radical (unpaired) electrons. The van der Waals surface area contributed by atoms with Gasteiger partial charge in [0.05, 0.1) is 6.04 Å². The van der Waals surface area contributed by atoms with Gasteiger partial charge in [0.25, 0.3) is 0 Å². The van der Waals surface area contributed by atoms with Crippen molar-refractivity contribution in [2.45, 2.75) is 6.04 Å². The summed E-state index contributed by atoms with van der Waals surface area (Å²) in [6.07, 6.45) is 3.49. The normalized spacial score (nSPS) is 11.8. The molecule has 28 heavy (non-hydrogen) atoms. The lowest BCUT2D eigenvalue weighted by atomic mass is 10.0. The lowest BCUT2D eigenvalue weighted by molar-refractivity contribution is 0.171. The van der Waals surface area contributed by atoms with Crippen molar-refractivity contribution in [3.63, 3.8) is 0 Å². The molecular weight excluding hydrogens is 351 g/mol. The highest BCUT2D eigenvalue weighted by Crippen LogP contribution is 2.30. The number of pyridine rings is 1. The molecule has 0 amide bonds. The lowest BCUT2D eigenvalue weighted by Crippen LogP contribution is -2.26. The summed E-state index contributed by atoms with van der Waals surface area (Å²) in [4.78, 5) is 10.2. The number of hydrogen-bond donors (Lipinski definition) is 1. The molecule has 4 rings (SSSR count). The number of halogens is 1. The van der Waals surface area contributed by atoms with Crippen molar-refractivity contribution in [2.24, 2.45) is 0 Å². The SMILES string of the molecule is Fc1ccc(C(NOc2ccccc2-c2ccccc2)c2cccnc2)cc1. The third-order valence-electron chi connectivity index (χ3n) is 4.48. The second-order valence-electron chi connectivity index (χ2n) is 6.35. The van der Waals surface area contributed by atoms with Gasteiger partial charge in [0.15, 0.2) is 5.75 Å². The fraction of sp³-hybridized carbons (Fsp3) is 0.0417. The second kappa shape index (κ2) is 8.46. The van der Waals surface area contributed by atoms with Crippen LogP contribution in [-0.2, 0) is 0 Å². The number of aromatic nitrogens is 1. The van der Waals surface area contributed by atoms with Gasteiger partial charge in [-0.3, -0.25) is 4.98 Å². The van der Waals surface area contributed by atoms with Gasteiger partial charge in [-0.1, -0.05) is 66.7 Å². The van der Waals surface area contributed by atoms with Crippen LogP contribution < -0.4 is 10.3 Å². The van der Waals surface area contributed by atoms with Crippen LogP contribution >= 0.6 is 0 Å². The van der Waals surface area contributed by atoms with E-state index in [1.54, 1.807) is 24.5 Å². The van der Waals surface area contributed by atoms with E-state index in [9.17, 15) is 4.39 Å². The molecule has 1 heterocycles. The summed E-state index contributed by atoms with van der Waals surface area (Å²) in [5, 5.41) is 0. The maximum absolute atomic E-state index is 13.4. The Morgan fingerprint density at radius 3 is 2.25 bits per heavy atom. The average molecular weight is 370 g/mol. The van der Waals surface area contributed by atoms with Gasteiger partial charge in [-0.15, -0.1) is 5.48 Å². The summed E-state index contributed by atoms with van der Waals surface area (Å²) in [5.74, 6) is 0.439. The highest BCUT2D eigenvalue weighted by atomic mass is 19.1. The maximum atomic E-state index is 13.4. The molecule has 138 valence electrons. The number of rotatable bonds is 6. The monoisotopic (exact) mass is 370 g/mol. The number of benzene rings is 3. The van der Waals surface area contributed by atoms with Crippen molar-refractivity contribution in [2.75, 3.05) is 0 Å². The number of para-hydroxylation sites is 1. The third-order valence-corrected chi connectivity index (χ3v) is 4.48. The van der Waals surface area contributed by atoms with Crippen LogP contribution in [0.4, 0.5) is 4.39 Å². The molecule has 0 aliphatic carbocycles. The van der Waals surface area contributed by atoms with Crippen LogP contribution in [0.3, 0.4) is 0 Å². The van der Waals surface area contributed by atoms with Gasteiger partial charge in [0.2, 0.25) is 0 Å². The first kappa shape index (κ1) is 17.9. The molecule has 0 spiro atoms. The quantitative estimate of drug-likeness (QED) is 0.451. The van der Waals surface area contributed by atoms with Crippen LogP contribution in [0.25, 0.3) is 11.1 Å². The van der Waals surface area contributed by atoms with E-state index < -0.39 is 0 Å². The van der Waals surface area contributed by atoms with E-state index in [-0.39, 0.29) is 11.9 Å². The van der Waals surface area contributed by atoms with E-state index in [4.69, 9.17) is 4.84 Å². The minimum Gasteiger partial charge on any atom is -0.407 e. The predicted octanol–water partition coefficient (Wildman–Crippen LogP) is 5.56. The van der Waals surface area contributed by atoms with Gasteiger partial charge in [-0.05, 0) is 41.0 Å². The van der Waals surface area contributed by atoms with Crippen molar-refractivity contribution >= 4 is 0 Å². The Hall–Kier alpha value is -3.50. The number of hydrogen-bond acceptors (Lipinski definition) is 3. The van der Waals surface area contributed by atoms with Gasteiger partial charge in [-0.2, -0.15) is 0 Å². The Morgan fingerprint density at radius 1 is 0.750 bits per heavy atom. The topological polar surface area (TPSA) is 34.1 Å². The first-order valence-electron chi connectivity index (χ1n) is 9.03. The molecule has 3 nitrogen and oxygen atoms in total. The first-order valence-corrected chi connectivity index (χ1v) is 9.03. The predicted molar refractivity (Wildman–Crippen MR) is 108 cm³/mol. The Bertz CT molecular complexity index is 1020. The van der Waals surface area contributed by atoms with Crippen LogP contribution in [-0.4, -0.2) is 4.98 Å². The molecule has 4 aromatic rings. The van der Waals surface area contributed by atoms with Crippen LogP contribution in [0, 0.1) is 5.82 Å². The average Bonchev–Trinajstić information content (AvgIpc) is 2.77. The largest absolute Gasteiger partial charge is 0.407 e. The minimum absolute atomic E-state index is 0.274. The Morgan fingerprint density at radius 2 is 1.50 bits per heavy atom. The maximum Gasteiger partial charge on any atom is 0.155 e. The van der Waals surface area contributed by atoms with E-state index in [2.05, 4.69) is 10.5 Å². The van der Waals surface area contributed by atoms with Crippen molar-refractivity contribution in [1.82, 2.24) is 10.5 Å². The molecule has 3 aromatic carbocycles. The molecule has 0 aliphatic rings. The van der Waals surface area contributed by atoms with Gasteiger partial charge in [0, 0.05) is 18.0 Å². The zero-order valence-corrected chi connectivity index (χ0v) is 15.1. The fourth-order valence-electron chi connectivity index (χ4n) is 3.06. The minimum atomic E-state index is -0.293. The summed E-state index contributed by atoms with van der Waals surface area (Å²) in [5.41, 5.74) is 6.99. The zero-order chi connectivity index (χ0) is 19.2. The summed E-state index contributed by atoms with van der Waals surface area (Å²) in [6.45, 7) is 0. The highest BCUT2D eigenvalue weighted by Gasteiger charge is 2.16. The lowest BCUT2D eigenvalue weighted by Gasteiger charge is -2.21. The molecule has 1 aromatic heterocycles. The van der Waals surface area contributed by atoms with Crippen LogP contribution in [0.15, 0.2) is 103 Å². The van der Waals surface area contributed by atoms with E-state index in [1.807, 2.05) is 66.7 Å². The summed E-state index contributed by atoms with van der Waals surface area (Å²) < 4.78 is 13.4. The number of nitrogens with zero attached hydrogens (tertiary/aromatic N) is 1. The molecule has 0 fully saturated rings. The van der Waals surface area contributed by atoms with Gasteiger partial charge in [-0.25, -0.2) is 4.39 Å². The Balaban J connectivity index is 1.63. The molecular formula is C24H19FN2O. The van der Waals surface area contributed by atoms with Crippen molar-refractivity contribution < 1.29 is 9.23 Å². The van der Waals surface area contributed by atoms with E-state index in [0.29, 0.717) is 5.75 Å². The van der Waals surface area contributed by atoms with Gasteiger partial charge < -0.3 is 4.84 Å². The molecule has 0 bridgehead atoms. The molecule has 0 saturated carbocycles. The first-order chi connectivity index (χ1) is 13.8. The van der Waals surface area contributed by atoms with E-state index in [1.165, 1.54) is 12.1 Å². The standard InChI is InChI=1S/C24H19FN2O/c25-21-14-12-19(13-15-21)24(20-9-6-16-26-17-20)27-28-23-11-5-4-10-22(23)18-7-2-1-3-8-18/h1-17,24,27H. The molecule has 4 heteroatoms. The van der Waals surface area contributed by atoms with Crippen molar-refractivity contribution in [3.8, 4) is 16.9 Å². The summed E-state index contributed by atoms with van der Waals surface area (Å²) in [7, 11) is 0. The number of nitrogens with one attached hydrogen (secondary N) is 1. The molecule has 1 atom stereocenters. The second-order valence-corrected chi connectivity index (χ2v) is 6.35. The smallest absolute Gasteiger partial charge is 0.155 e. The molecule has 0 aliphatic heterocycles. The summed E-state index contributed by atoms with van der Waals surface area (Å²) in [6, 6.07) is 27.8. The molecule has 1 unspecified atom stereocenters. The van der Waals surface area contributed by atoms with Crippen LogP contribution in [0.1, 0.15) is 17.2 Å². The Kier molecular flexibility index (Phi) is 5.41.